The van der Waals surface area contributed by atoms with Crippen molar-refractivity contribution in [2.75, 3.05) is 5.75 Å². The fourth-order valence-electron chi connectivity index (χ4n) is 2.52. The Labute approximate surface area is 166 Å². The molecule has 2 heterocycles. The largest absolute Gasteiger partial charge is 0.352 e. The summed E-state index contributed by atoms with van der Waals surface area (Å²) < 4.78 is 14.8. The van der Waals surface area contributed by atoms with Gasteiger partial charge in [-0.3, -0.25) is 14.3 Å². The number of hydrogen-bond donors (Lipinski definition) is 1. The number of thioether (sulfide) groups is 1. The smallest absolute Gasteiger partial charge is 0.221 e. The molecule has 3 aromatic rings. The van der Waals surface area contributed by atoms with E-state index in [1.54, 1.807) is 30.6 Å². The minimum atomic E-state index is -0.291. The topological polar surface area (TPSA) is 72.7 Å². The van der Waals surface area contributed by atoms with Crippen LogP contribution in [0.15, 0.2) is 66.6 Å². The van der Waals surface area contributed by atoms with Gasteiger partial charge < -0.3 is 5.32 Å². The summed E-state index contributed by atoms with van der Waals surface area (Å²) in [6.07, 6.45) is 5.57. The van der Waals surface area contributed by atoms with E-state index in [9.17, 15) is 9.18 Å². The van der Waals surface area contributed by atoms with Crippen LogP contribution >= 0.6 is 11.8 Å². The summed E-state index contributed by atoms with van der Waals surface area (Å²) in [4.78, 5) is 16.2. The molecule has 1 aromatic carbocycles. The molecule has 0 spiro atoms. The highest BCUT2D eigenvalue weighted by atomic mass is 32.2. The number of benzene rings is 1. The van der Waals surface area contributed by atoms with E-state index in [1.165, 1.54) is 23.9 Å². The SMILES string of the molecule is C=CCn1c(SCCC(=O)NCc2ccc(F)cc2)nnc1-c1cccnc1. The van der Waals surface area contributed by atoms with E-state index < -0.39 is 0 Å². The van der Waals surface area contributed by atoms with Crippen LogP contribution in [-0.2, 0) is 17.9 Å². The molecule has 0 saturated carbocycles. The van der Waals surface area contributed by atoms with Crippen LogP contribution in [0, 0.1) is 5.82 Å². The zero-order chi connectivity index (χ0) is 19.8. The first-order chi connectivity index (χ1) is 13.7. The summed E-state index contributed by atoms with van der Waals surface area (Å²) >= 11 is 1.47. The lowest BCUT2D eigenvalue weighted by Gasteiger charge is -2.08. The highest BCUT2D eigenvalue weighted by Crippen LogP contribution is 2.23. The predicted octanol–water partition coefficient (Wildman–Crippen LogP) is 3.46. The quantitative estimate of drug-likeness (QED) is 0.442. The maximum atomic E-state index is 12.9. The molecule has 0 unspecified atom stereocenters. The van der Waals surface area contributed by atoms with E-state index in [2.05, 4.69) is 27.1 Å². The fourth-order valence-corrected chi connectivity index (χ4v) is 3.41. The van der Waals surface area contributed by atoms with E-state index in [4.69, 9.17) is 0 Å². The number of nitrogens with one attached hydrogen (secondary N) is 1. The van der Waals surface area contributed by atoms with E-state index in [0.717, 1.165) is 22.1 Å². The summed E-state index contributed by atoms with van der Waals surface area (Å²) in [7, 11) is 0. The first-order valence-electron chi connectivity index (χ1n) is 8.76. The second-order valence-electron chi connectivity index (χ2n) is 5.95. The third-order valence-electron chi connectivity index (χ3n) is 3.91. The number of hydrogen-bond acceptors (Lipinski definition) is 5. The standard InChI is InChI=1S/C20H20FN5OS/c1-2-11-26-19(16-4-3-10-22-14-16)24-25-20(26)28-12-9-18(27)23-13-15-5-7-17(21)8-6-15/h2-8,10,14H,1,9,11-13H2,(H,23,27). The molecule has 6 nitrogen and oxygen atoms in total. The Morgan fingerprint density at radius 2 is 2.07 bits per heavy atom. The van der Waals surface area contributed by atoms with Gasteiger partial charge in [0.05, 0.1) is 0 Å². The molecule has 1 N–H and O–H groups in total. The molecule has 0 atom stereocenters. The number of carbonyl (C=O) groups excluding carboxylic acids is 1. The molecule has 0 radical (unpaired) electrons. The predicted molar refractivity (Wildman–Crippen MR) is 107 cm³/mol. The third kappa shape index (κ3) is 5.26. The second-order valence-corrected chi connectivity index (χ2v) is 7.01. The van der Waals surface area contributed by atoms with Crippen LogP contribution < -0.4 is 5.32 Å². The number of amides is 1. The molecule has 8 heteroatoms. The molecule has 0 aliphatic heterocycles. The number of rotatable bonds is 9. The molecular formula is C20H20FN5OS. The van der Waals surface area contributed by atoms with Gasteiger partial charge in [0.2, 0.25) is 5.91 Å². The molecule has 0 saturated heterocycles. The zero-order valence-electron chi connectivity index (χ0n) is 15.2. The van der Waals surface area contributed by atoms with Gasteiger partial charge in [-0.1, -0.05) is 30.0 Å². The maximum absolute atomic E-state index is 12.9. The Kier molecular flexibility index (Phi) is 6.91. The molecule has 0 aliphatic carbocycles. The van der Waals surface area contributed by atoms with Gasteiger partial charge in [0.25, 0.3) is 0 Å². The molecule has 144 valence electrons. The normalized spacial score (nSPS) is 10.6. The summed E-state index contributed by atoms with van der Waals surface area (Å²) in [5, 5.41) is 12.1. The van der Waals surface area contributed by atoms with E-state index in [-0.39, 0.29) is 11.7 Å². The molecule has 0 fully saturated rings. The number of allylic oxidation sites excluding steroid dienone is 1. The van der Waals surface area contributed by atoms with Crippen molar-refractivity contribution in [1.82, 2.24) is 25.1 Å². The number of aromatic nitrogens is 4. The summed E-state index contributed by atoms with van der Waals surface area (Å²) in [6.45, 7) is 4.73. The fraction of sp³-hybridized carbons (Fsp3) is 0.200. The van der Waals surface area contributed by atoms with Crippen molar-refractivity contribution in [1.29, 1.82) is 0 Å². The van der Waals surface area contributed by atoms with Crippen molar-refractivity contribution in [3.05, 3.63) is 72.8 Å². The van der Waals surface area contributed by atoms with E-state index in [1.807, 2.05) is 16.7 Å². The lowest BCUT2D eigenvalue weighted by Crippen LogP contribution is -2.23. The summed E-state index contributed by atoms with van der Waals surface area (Å²) in [5.74, 6) is 0.925. The average molecular weight is 397 g/mol. The van der Waals surface area contributed by atoms with Crippen LogP contribution in [0.3, 0.4) is 0 Å². The van der Waals surface area contributed by atoms with Crippen LogP contribution in [0.25, 0.3) is 11.4 Å². The van der Waals surface area contributed by atoms with Gasteiger partial charge in [-0.05, 0) is 29.8 Å². The number of pyridine rings is 1. The molecule has 0 aliphatic rings. The summed E-state index contributed by atoms with van der Waals surface area (Å²) in [6, 6.07) is 9.84. The van der Waals surface area contributed by atoms with Crippen molar-refractivity contribution >= 4 is 17.7 Å². The minimum Gasteiger partial charge on any atom is -0.352 e. The Balaban J connectivity index is 1.54. The van der Waals surface area contributed by atoms with Crippen molar-refractivity contribution in [3.63, 3.8) is 0 Å². The number of halogens is 1. The Morgan fingerprint density at radius 1 is 1.25 bits per heavy atom. The first-order valence-corrected chi connectivity index (χ1v) is 9.74. The van der Waals surface area contributed by atoms with Crippen LogP contribution in [0.4, 0.5) is 4.39 Å². The van der Waals surface area contributed by atoms with Crippen LogP contribution in [0.2, 0.25) is 0 Å². The van der Waals surface area contributed by atoms with Crippen molar-refractivity contribution in [3.8, 4) is 11.4 Å². The summed E-state index contributed by atoms with van der Waals surface area (Å²) in [5.41, 5.74) is 1.73. The van der Waals surface area contributed by atoms with Crippen LogP contribution in [0.5, 0.6) is 0 Å². The third-order valence-corrected chi connectivity index (χ3v) is 4.88. The number of nitrogens with zero attached hydrogens (tertiary/aromatic N) is 4. The molecular weight excluding hydrogens is 377 g/mol. The van der Waals surface area contributed by atoms with Gasteiger partial charge in [-0.25, -0.2) is 4.39 Å². The van der Waals surface area contributed by atoms with Crippen molar-refractivity contribution < 1.29 is 9.18 Å². The molecule has 28 heavy (non-hydrogen) atoms. The maximum Gasteiger partial charge on any atom is 0.221 e. The molecule has 0 bridgehead atoms. The molecule has 1 amide bonds. The van der Waals surface area contributed by atoms with E-state index in [0.29, 0.717) is 25.3 Å². The van der Waals surface area contributed by atoms with Gasteiger partial charge in [-0.2, -0.15) is 0 Å². The lowest BCUT2D eigenvalue weighted by molar-refractivity contribution is -0.120. The minimum absolute atomic E-state index is 0.0703. The van der Waals surface area contributed by atoms with E-state index >= 15 is 0 Å². The van der Waals surface area contributed by atoms with Gasteiger partial charge >= 0.3 is 0 Å². The van der Waals surface area contributed by atoms with Crippen LogP contribution in [0.1, 0.15) is 12.0 Å². The zero-order valence-corrected chi connectivity index (χ0v) is 16.0. The Hall–Kier alpha value is -3.00. The number of carbonyl (C=O) groups is 1. The highest BCUT2D eigenvalue weighted by Gasteiger charge is 2.14. The van der Waals surface area contributed by atoms with Gasteiger partial charge in [0, 0.05) is 43.2 Å². The monoisotopic (exact) mass is 397 g/mol. The van der Waals surface area contributed by atoms with Gasteiger partial charge in [0.1, 0.15) is 5.82 Å². The molecule has 3 rings (SSSR count). The first kappa shape index (κ1) is 19.8. The molecule has 2 aromatic heterocycles. The van der Waals surface area contributed by atoms with Gasteiger partial charge in [0.15, 0.2) is 11.0 Å². The Bertz CT molecular complexity index is 928. The lowest BCUT2D eigenvalue weighted by atomic mass is 10.2. The van der Waals surface area contributed by atoms with Crippen molar-refractivity contribution in [2.45, 2.75) is 24.7 Å². The average Bonchev–Trinajstić information content (AvgIpc) is 3.11. The second kappa shape index (κ2) is 9.80. The van der Waals surface area contributed by atoms with Crippen molar-refractivity contribution in [2.24, 2.45) is 0 Å². The van der Waals surface area contributed by atoms with Gasteiger partial charge in [-0.15, -0.1) is 16.8 Å². The highest BCUT2D eigenvalue weighted by molar-refractivity contribution is 7.99. The van der Waals surface area contributed by atoms with Crippen LogP contribution in [-0.4, -0.2) is 31.4 Å². The Morgan fingerprint density at radius 3 is 2.79 bits per heavy atom.